The van der Waals surface area contributed by atoms with Crippen molar-refractivity contribution in [3.8, 4) is 0 Å². The Morgan fingerprint density at radius 3 is 2.64 bits per heavy atom. The van der Waals surface area contributed by atoms with E-state index in [4.69, 9.17) is 5.11 Å². The van der Waals surface area contributed by atoms with Crippen LogP contribution >= 0.6 is 0 Å². The van der Waals surface area contributed by atoms with E-state index in [0.717, 1.165) is 12.1 Å². The van der Waals surface area contributed by atoms with Crippen LogP contribution in [0.2, 0.25) is 0 Å². The Labute approximate surface area is 68.6 Å². The molecule has 0 rings (SSSR count). The van der Waals surface area contributed by atoms with Crippen LogP contribution in [0.3, 0.4) is 0 Å². The highest BCUT2D eigenvalue weighted by molar-refractivity contribution is 5.16. The van der Waals surface area contributed by atoms with Crippen molar-refractivity contribution in [2.24, 2.45) is 0 Å². The number of rotatable bonds is 4. The molecule has 0 aromatic rings. The number of likely N-dealkylation sites (N-methyl/N-ethyl adjacent to an activating group) is 1. The Hall–Kier alpha value is -0.760. The van der Waals surface area contributed by atoms with E-state index in [2.05, 4.69) is 18.3 Å². The van der Waals surface area contributed by atoms with E-state index >= 15 is 0 Å². The summed E-state index contributed by atoms with van der Waals surface area (Å²) < 4.78 is 0. The second kappa shape index (κ2) is 5.98. The van der Waals surface area contributed by atoms with Gasteiger partial charge in [0.25, 0.3) is 0 Å². The van der Waals surface area contributed by atoms with Crippen LogP contribution in [0.1, 0.15) is 20.3 Å². The number of aliphatic hydroxyl groups is 1. The molecule has 0 saturated carbocycles. The van der Waals surface area contributed by atoms with E-state index in [9.17, 15) is 0 Å². The minimum atomic E-state index is -0.372. The first-order chi connectivity index (χ1) is 5.20. The van der Waals surface area contributed by atoms with Crippen molar-refractivity contribution < 1.29 is 5.11 Å². The zero-order valence-electron chi connectivity index (χ0n) is 7.46. The van der Waals surface area contributed by atoms with E-state index in [0.29, 0.717) is 0 Å². The van der Waals surface area contributed by atoms with E-state index < -0.39 is 0 Å². The molecule has 2 heteroatoms. The van der Waals surface area contributed by atoms with E-state index in [1.54, 1.807) is 13.0 Å². The van der Waals surface area contributed by atoms with Crippen molar-refractivity contribution in [3.63, 3.8) is 0 Å². The largest absolute Gasteiger partial charge is 0.389 e. The van der Waals surface area contributed by atoms with Gasteiger partial charge in [-0.15, -0.1) is 0 Å². The normalized spacial score (nSPS) is 15.5. The first kappa shape index (κ1) is 10.2. The second-order valence-corrected chi connectivity index (χ2v) is 2.42. The van der Waals surface area contributed by atoms with E-state index in [1.807, 2.05) is 13.1 Å². The molecular weight excluding hydrogens is 138 g/mol. The molecule has 0 radical (unpaired) electrons. The highest BCUT2D eigenvalue weighted by Crippen LogP contribution is 1.94. The van der Waals surface area contributed by atoms with Crippen LogP contribution in [-0.4, -0.2) is 18.3 Å². The Morgan fingerprint density at radius 2 is 2.27 bits per heavy atom. The van der Waals surface area contributed by atoms with Crippen molar-refractivity contribution in [2.75, 3.05) is 7.05 Å². The predicted molar refractivity (Wildman–Crippen MR) is 48.3 cm³/mol. The van der Waals surface area contributed by atoms with Crippen molar-refractivity contribution in [1.29, 1.82) is 0 Å². The Balaban J connectivity index is 3.97. The lowest BCUT2D eigenvalue weighted by Crippen LogP contribution is -2.04. The molecule has 0 aromatic heterocycles. The molecule has 1 atom stereocenters. The molecule has 1 unspecified atom stereocenters. The van der Waals surface area contributed by atoms with Gasteiger partial charge < -0.3 is 10.4 Å². The first-order valence-electron chi connectivity index (χ1n) is 3.94. The summed E-state index contributed by atoms with van der Waals surface area (Å²) in [4.78, 5) is 0. The molecular formula is C9H17NO. The van der Waals surface area contributed by atoms with Crippen molar-refractivity contribution in [3.05, 3.63) is 23.9 Å². The number of hydrogen-bond acceptors (Lipinski definition) is 2. The van der Waals surface area contributed by atoms with Gasteiger partial charge in [-0.3, -0.25) is 0 Å². The molecule has 0 saturated heterocycles. The SMILES string of the molecule is CC/C=C(\C=C/C(C)O)NC. The van der Waals surface area contributed by atoms with Crippen LogP contribution in [-0.2, 0) is 0 Å². The number of hydrogen-bond donors (Lipinski definition) is 2. The van der Waals surface area contributed by atoms with Crippen LogP contribution in [0.5, 0.6) is 0 Å². The topological polar surface area (TPSA) is 32.3 Å². The molecule has 0 aliphatic rings. The lowest BCUT2D eigenvalue weighted by Gasteiger charge is -2.00. The Bertz CT molecular complexity index is 148. The molecule has 0 fully saturated rings. The maximum absolute atomic E-state index is 8.92. The molecule has 11 heavy (non-hydrogen) atoms. The van der Waals surface area contributed by atoms with Gasteiger partial charge in [-0.05, 0) is 19.4 Å². The Morgan fingerprint density at radius 1 is 1.64 bits per heavy atom. The maximum Gasteiger partial charge on any atom is 0.0696 e. The fourth-order valence-corrected chi connectivity index (χ4v) is 0.716. The molecule has 0 bridgehead atoms. The molecule has 64 valence electrons. The predicted octanol–water partition coefficient (Wildman–Crippen LogP) is 1.44. The van der Waals surface area contributed by atoms with Crippen molar-refractivity contribution >= 4 is 0 Å². The fourth-order valence-electron chi connectivity index (χ4n) is 0.716. The highest BCUT2D eigenvalue weighted by atomic mass is 16.3. The summed E-state index contributed by atoms with van der Waals surface area (Å²) in [6, 6.07) is 0. The third-order valence-corrected chi connectivity index (χ3v) is 1.27. The van der Waals surface area contributed by atoms with Crippen LogP contribution in [0.25, 0.3) is 0 Å². The average molecular weight is 155 g/mol. The van der Waals surface area contributed by atoms with Gasteiger partial charge in [0.15, 0.2) is 0 Å². The standard InChI is InChI=1S/C9H17NO/c1-4-5-9(10-3)7-6-8(2)11/h5-8,10-11H,4H2,1-3H3/b7-6-,9-5+. The number of nitrogens with one attached hydrogen (secondary N) is 1. The average Bonchev–Trinajstić information content (AvgIpc) is 1.97. The zero-order chi connectivity index (χ0) is 8.69. The summed E-state index contributed by atoms with van der Waals surface area (Å²) in [5, 5.41) is 11.9. The molecule has 0 aromatic carbocycles. The van der Waals surface area contributed by atoms with E-state index in [-0.39, 0.29) is 6.10 Å². The molecule has 0 amide bonds. The van der Waals surface area contributed by atoms with Crippen LogP contribution < -0.4 is 5.32 Å². The maximum atomic E-state index is 8.92. The molecule has 0 aliphatic carbocycles. The van der Waals surface area contributed by atoms with Crippen LogP contribution in [0, 0.1) is 0 Å². The molecule has 0 spiro atoms. The summed E-state index contributed by atoms with van der Waals surface area (Å²) >= 11 is 0. The van der Waals surface area contributed by atoms with Gasteiger partial charge in [-0.2, -0.15) is 0 Å². The van der Waals surface area contributed by atoms with Gasteiger partial charge in [0.05, 0.1) is 6.10 Å². The molecule has 2 N–H and O–H groups in total. The molecule has 0 heterocycles. The van der Waals surface area contributed by atoms with Crippen LogP contribution in [0.15, 0.2) is 23.9 Å². The summed E-state index contributed by atoms with van der Waals surface area (Å²) in [5.41, 5.74) is 1.05. The zero-order valence-corrected chi connectivity index (χ0v) is 7.46. The third kappa shape index (κ3) is 5.67. The van der Waals surface area contributed by atoms with Gasteiger partial charge in [0, 0.05) is 12.7 Å². The molecule has 0 aliphatic heterocycles. The Kier molecular flexibility index (Phi) is 5.57. The van der Waals surface area contributed by atoms with Gasteiger partial charge in [0.1, 0.15) is 0 Å². The number of allylic oxidation sites excluding steroid dienone is 2. The lowest BCUT2D eigenvalue weighted by molar-refractivity contribution is 0.244. The summed E-state index contributed by atoms with van der Waals surface area (Å²) in [6.07, 6.45) is 6.33. The summed E-state index contributed by atoms with van der Waals surface area (Å²) in [5.74, 6) is 0. The van der Waals surface area contributed by atoms with Crippen LogP contribution in [0.4, 0.5) is 0 Å². The minimum Gasteiger partial charge on any atom is -0.389 e. The highest BCUT2D eigenvalue weighted by Gasteiger charge is 1.87. The smallest absolute Gasteiger partial charge is 0.0696 e. The second-order valence-electron chi connectivity index (χ2n) is 2.42. The van der Waals surface area contributed by atoms with E-state index in [1.165, 1.54) is 0 Å². The van der Waals surface area contributed by atoms with Crippen molar-refractivity contribution in [1.82, 2.24) is 5.32 Å². The van der Waals surface area contributed by atoms with Crippen molar-refractivity contribution in [2.45, 2.75) is 26.4 Å². The lowest BCUT2D eigenvalue weighted by atomic mass is 10.3. The minimum absolute atomic E-state index is 0.372. The summed E-state index contributed by atoms with van der Waals surface area (Å²) in [7, 11) is 1.87. The molecule has 2 nitrogen and oxygen atoms in total. The van der Waals surface area contributed by atoms with Gasteiger partial charge in [-0.25, -0.2) is 0 Å². The van der Waals surface area contributed by atoms with Gasteiger partial charge in [0.2, 0.25) is 0 Å². The summed E-state index contributed by atoms with van der Waals surface area (Å²) in [6.45, 7) is 3.81. The van der Waals surface area contributed by atoms with Gasteiger partial charge in [-0.1, -0.05) is 19.1 Å². The van der Waals surface area contributed by atoms with Gasteiger partial charge >= 0.3 is 0 Å². The monoisotopic (exact) mass is 155 g/mol. The fraction of sp³-hybridized carbons (Fsp3) is 0.556. The first-order valence-corrected chi connectivity index (χ1v) is 3.94. The quantitative estimate of drug-likeness (QED) is 0.602. The third-order valence-electron chi connectivity index (χ3n) is 1.27. The number of aliphatic hydroxyl groups excluding tert-OH is 1.